The number of hydrogen-bond donors (Lipinski definition) is 0. The number of carbonyl (C=O) groups excluding carboxylic acids is 1. The number of carbonyl (C=O) groups is 1. The van der Waals surface area contributed by atoms with Crippen molar-refractivity contribution in [2.24, 2.45) is 0 Å². The average Bonchev–Trinajstić information content (AvgIpc) is 3.35. The van der Waals surface area contributed by atoms with Gasteiger partial charge in [0.25, 0.3) is 5.89 Å². The molecule has 1 aromatic heterocycles. The summed E-state index contributed by atoms with van der Waals surface area (Å²) in [4.78, 5) is 18.4. The topological polar surface area (TPSA) is 68.5 Å². The van der Waals surface area contributed by atoms with Gasteiger partial charge in [-0.25, -0.2) is 0 Å². The van der Waals surface area contributed by atoms with E-state index in [-0.39, 0.29) is 24.8 Å². The SMILES string of the molecule is COc1ccccc1-c1nc(C2CC(=O)N(Cc3ccc(C(F)(F)F)cc3)C2)no1. The summed E-state index contributed by atoms with van der Waals surface area (Å²) >= 11 is 0. The van der Waals surface area contributed by atoms with E-state index in [4.69, 9.17) is 9.26 Å². The molecule has 30 heavy (non-hydrogen) atoms. The molecule has 0 N–H and O–H groups in total. The third-order valence-electron chi connectivity index (χ3n) is 5.01. The first-order valence-electron chi connectivity index (χ1n) is 9.26. The minimum Gasteiger partial charge on any atom is -0.496 e. The Morgan fingerprint density at radius 3 is 2.60 bits per heavy atom. The number of alkyl halides is 3. The van der Waals surface area contributed by atoms with Crippen molar-refractivity contribution >= 4 is 5.91 Å². The van der Waals surface area contributed by atoms with E-state index >= 15 is 0 Å². The molecule has 1 atom stereocenters. The molecular weight excluding hydrogens is 399 g/mol. The van der Waals surface area contributed by atoms with Crippen molar-refractivity contribution in [3.63, 3.8) is 0 Å². The minimum absolute atomic E-state index is 0.108. The van der Waals surface area contributed by atoms with Crippen LogP contribution >= 0.6 is 0 Å². The van der Waals surface area contributed by atoms with Crippen LogP contribution in [-0.4, -0.2) is 34.6 Å². The fraction of sp³-hybridized carbons (Fsp3) is 0.286. The van der Waals surface area contributed by atoms with Crippen LogP contribution in [0.15, 0.2) is 53.1 Å². The highest BCUT2D eigenvalue weighted by molar-refractivity contribution is 5.79. The molecule has 1 unspecified atom stereocenters. The molecule has 1 saturated heterocycles. The molecule has 0 radical (unpaired) electrons. The second-order valence-corrected chi connectivity index (χ2v) is 7.03. The Balaban J connectivity index is 1.46. The molecule has 2 aromatic carbocycles. The molecule has 0 saturated carbocycles. The Hall–Kier alpha value is -3.36. The largest absolute Gasteiger partial charge is 0.496 e. The van der Waals surface area contributed by atoms with E-state index in [0.29, 0.717) is 35.1 Å². The first-order chi connectivity index (χ1) is 14.3. The standard InChI is InChI=1S/C21H18F3N3O3/c1-29-17-5-3-2-4-16(17)20-25-19(26-30-20)14-10-18(28)27(12-14)11-13-6-8-15(9-7-13)21(22,23)24/h2-9,14H,10-12H2,1H3. The molecule has 2 heterocycles. The van der Waals surface area contributed by atoms with Crippen molar-refractivity contribution in [3.05, 3.63) is 65.5 Å². The molecule has 3 aromatic rings. The smallest absolute Gasteiger partial charge is 0.416 e. The molecule has 1 amide bonds. The first-order valence-corrected chi connectivity index (χ1v) is 9.26. The number of benzene rings is 2. The van der Waals surface area contributed by atoms with Crippen molar-refractivity contribution < 1.29 is 27.2 Å². The van der Waals surface area contributed by atoms with Crippen LogP contribution in [0.2, 0.25) is 0 Å². The summed E-state index contributed by atoms with van der Waals surface area (Å²) < 4.78 is 48.8. The fourth-order valence-corrected chi connectivity index (χ4v) is 3.45. The number of nitrogens with zero attached hydrogens (tertiary/aromatic N) is 3. The van der Waals surface area contributed by atoms with Gasteiger partial charge in [-0.15, -0.1) is 0 Å². The summed E-state index contributed by atoms with van der Waals surface area (Å²) in [5.41, 5.74) is 0.567. The maximum Gasteiger partial charge on any atom is 0.416 e. The summed E-state index contributed by atoms with van der Waals surface area (Å²) in [7, 11) is 1.55. The molecule has 9 heteroatoms. The molecule has 0 bridgehead atoms. The van der Waals surface area contributed by atoms with E-state index in [1.54, 1.807) is 24.1 Å². The van der Waals surface area contributed by atoms with Crippen LogP contribution in [0, 0.1) is 0 Å². The lowest BCUT2D eigenvalue weighted by Gasteiger charge is -2.16. The molecule has 0 aliphatic carbocycles. The Labute approximate surface area is 170 Å². The van der Waals surface area contributed by atoms with E-state index < -0.39 is 11.7 Å². The van der Waals surface area contributed by atoms with Crippen LogP contribution in [-0.2, 0) is 17.5 Å². The Morgan fingerprint density at radius 2 is 1.90 bits per heavy atom. The van der Waals surface area contributed by atoms with Gasteiger partial charge in [-0.2, -0.15) is 18.2 Å². The second kappa shape index (κ2) is 7.81. The molecule has 1 aliphatic rings. The molecule has 6 nitrogen and oxygen atoms in total. The van der Waals surface area contributed by atoms with E-state index in [0.717, 1.165) is 12.1 Å². The van der Waals surface area contributed by atoms with Gasteiger partial charge in [-0.1, -0.05) is 29.4 Å². The van der Waals surface area contributed by atoms with Gasteiger partial charge >= 0.3 is 6.18 Å². The van der Waals surface area contributed by atoms with Crippen molar-refractivity contribution in [2.45, 2.75) is 25.1 Å². The predicted octanol–water partition coefficient (Wildman–Crippen LogP) is 4.28. The number of methoxy groups -OCH3 is 1. The summed E-state index contributed by atoms with van der Waals surface area (Å²) in [6.07, 6.45) is -4.17. The zero-order chi connectivity index (χ0) is 21.3. The molecule has 0 spiro atoms. The molecule has 1 fully saturated rings. The molecular formula is C21H18F3N3O3. The van der Waals surface area contributed by atoms with E-state index in [1.807, 2.05) is 12.1 Å². The van der Waals surface area contributed by atoms with Crippen molar-refractivity contribution in [1.29, 1.82) is 0 Å². The number of likely N-dealkylation sites (tertiary alicyclic amines) is 1. The van der Waals surface area contributed by atoms with E-state index in [2.05, 4.69) is 10.1 Å². The van der Waals surface area contributed by atoms with Gasteiger partial charge in [-0.05, 0) is 29.8 Å². The Bertz CT molecular complexity index is 1050. The third-order valence-corrected chi connectivity index (χ3v) is 5.01. The summed E-state index contributed by atoms with van der Waals surface area (Å²) in [6.45, 7) is 0.593. The van der Waals surface area contributed by atoms with Gasteiger partial charge in [0.15, 0.2) is 5.82 Å². The number of rotatable bonds is 5. The Morgan fingerprint density at radius 1 is 1.17 bits per heavy atom. The highest BCUT2D eigenvalue weighted by Crippen LogP contribution is 2.33. The van der Waals surface area contributed by atoms with Gasteiger partial charge in [0, 0.05) is 25.4 Å². The highest BCUT2D eigenvalue weighted by Gasteiger charge is 2.34. The summed E-state index contributed by atoms with van der Waals surface area (Å²) in [6, 6.07) is 12.0. The van der Waals surface area contributed by atoms with Gasteiger partial charge in [-0.3, -0.25) is 4.79 Å². The zero-order valence-corrected chi connectivity index (χ0v) is 16.0. The van der Waals surface area contributed by atoms with Crippen molar-refractivity contribution in [1.82, 2.24) is 15.0 Å². The predicted molar refractivity (Wildman–Crippen MR) is 101 cm³/mol. The monoisotopic (exact) mass is 417 g/mol. The van der Waals surface area contributed by atoms with Crippen LogP contribution < -0.4 is 4.74 Å². The number of hydrogen-bond acceptors (Lipinski definition) is 5. The number of ether oxygens (including phenoxy) is 1. The first kappa shape index (κ1) is 19.9. The molecule has 4 rings (SSSR count). The van der Waals surface area contributed by atoms with Crippen molar-refractivity contribution in [2.75, 3.05) is 13.7 Å². The lowest BCUT2D eigenvalue weighted by Crippen LogP contribution is -2.24. The van der Waals surface area contributed by atoms with Crippen LogP contribution in [0.3, 0.4) is 0 Å². The average molecular weight is 417 g/mol. The summed E-state index contributed by atoms with van der Waals surface area (Å²) in [5.74, 6) is 0.956. The fourth-order valence-electron chi connectivity index (χ4n) is 3.45. The number of amides is 1. The molecule has 156 valence electrons. The number of aromatic nitrogens is 2. The minimum atomic E-state index is -4.38. The van der Waals surface area contributed by atoms with Crippen LogP contribution in [0.1, 0.15) is 29.3 Å². The van der Waals surface area contributed by atoms with Gasteiger partial charge in [0.2, 0.25) is 5.91 Å². The van der Waals surface area contributed by atoms with E-state index in [1.165, 1.54) is 12.1 Å². The lowest BCUT2D eigenvalue weighted by molar-refractivity contribution is -0.137. The quantitative estimate of drug-likeness (QED) is 0.620. The van der Waals surface area contributed by atoms with Gasteiger partial charge in [0.05, 0.1) is 18.2 Å². The second-order valence-electron chi connectivity index (χ2n) is 7.03. The number of para-hydroxylation sites is 1. The van der Waals surface area contributed by atoms with Crippen molar-refractivity contribution in [3.8, 4) is 17.2 Å². The van der Waals surface area contributed by atoms with E-state index in [9.17, 15) is 18.0 Å². The number of halogens is 3. The van der Waals surface area contributed by atoms with Gasteiger partial charge < -0.3 is 14.2 Å². The molecule has 1 aliphatic heterocycles. The maximum absolute atomic E-state index is 12.7. The summed E-state index contributed by atoms with van der Waals surface area (Å²) in [5, 5.41) is 4.02. The van der Waals surface area contributed by atoms with Gasteiger partial charge in [0.1, 0.15) is 5.75 Å². The zero-order valence-electron chi connectivity index (χ0n) is 16.0. The van der Waals surface area contributed by atoms with Crippen LogP contribution in [0.4, 0.5) is 13.2 Å². The normalized spacial score (nSPS) is 16.9. The maximum atomic E-state index is 12.7. The van der Waals surface area contributed by atoms with Crippen LogP contribution in [0.5, 0.6) is 5.75 Å². The lowest BCUT2D eigenvalue weighted by atomic mass is 10.1. The van der Waals surface area contributed by atoms with Crippen LogP contribution in [0.25, 0.3) is 11.5 Å². The highest BCUT2D eigenvalue weighted by atomic mass is 19.4. The third kappa shape index (κ3) is 4.00. The Kier molecular flexibility index (Phi) is 5.19.